The van der Waals surface area contributed by atoms with Crippen LogP contribution < -0.4 is 9.64 Å². The molecule has 0 radical (unpaired) electrons. The highest BCUT2D eigenvalue weighted by Crippen LogP contribution is 2.32. The summed E-state index contributed by atoms with van der Waals surface area (Å²) in [5, 5.41) is 10.8. The molecule has 0 bridgehead atoms. The molecule has 0 aliphatic rings. The summed E-state index contributed by atoms with van der Waals surface area (Å²) in [7, 11) is 5.60. The molecule has 0 aliphatic carbocycles. The number of benzene rings is 1. The fourth-order valence-electron chi connectivity index (χ4n) is 1.56. The van der Waals surface area contributed by atoms with Gasteiger partial charge in [-0.3, -0.25) is 10.1 Å². The Labute approximate surface area is 129 Å². The Hall–Kier alpha value is -1.96. The van der Waals surface area contributed by atoms with Crippen LogP contribution in [0.1, 0.15) is 13.8 Å². The number of hydrogen-bond donors (Lipinski definition) is 0. The van der Waals surface area contributed by atoms with Crippen LogP contribution >= 0.6 is 0 Å². The quantitative estimate of drug-likeness (QED) is 0.570. The number of anilines is 1. The topological polar surface area (TPSA) is 58.9 Å². The molecule has 0 atom stereocenters. The molecule has 1 aromatic carbocycles. The summed E-state index contributed by atoms with van der Waals surface area (Å²) in [6.07, 6.45) is 0. The van der Waals surface area contributed by atoms with Crippen LogP contribution in [0.25, 0.3) is 0 Å². The zero-order chi connectivity index (χ0) is 17.3. The third-order valence-corrected chi connectivity index (χ3v) is 2.68. The SMILES string of the molecule is CC.CN(C)CCN(C)c1ccc([N+](=O)[O-])c(OC(F)F)c1. The average molecular weight is 319 g/mol. The van der Waals surface area contributed by atoms with Crippen LogP contribution in [0.4, 0.5) is 20.2 Å². The van der Waals surface area contributed by atoms with Gasteiger partial charge >= 0.3 is 12.3 Å². The largest absolute Gasteiger partial charge is 0.427 e. The van der Waals surface area contributed by atoms with E-state index in [4.69, 9.17) is 0 Å². The number of alkyl halides is 2. The summed E-state index contributed by atoms with van der Waals surface area (Å²) >= 11 is 0. The van der Waals surface area contributed by atoms with Crippen LogP contribution in [0.5, 0.6) is 5.75 Å². The van der Waals surface area contributed by atoms with E-state index >= 15 is 0 Å². The van der Waals surface area contributed by atoms with E-state index in [0.29, 0.717) is 12.2 Å². The molecule has 0 saturated heterocycles. The fraction of sp³-hybridized carbons (Fsp3) is 0.571. The molecule has 0 amide bonds. The zero-order valence-electron chi connectivity index (χ0n) is 13.5. The summed E-state index contributed by atoms with van der Waals surface area (Å²) in [5.74, 6) is -0.431. The number of hydrogen-bond acceptors (Lipinski definition) is 5. The van der Waals surface area contributed by atoms with Crippen molar-refractivity contribution in [1.82, 2.24) is 4.90 Å². The lowest BCUT2D eigenvalue weighted by Crippen LogP contribution is -2.28. The van der Waals surface area contributed by atoms with E-state index in [2.05, 4.69) is 4.74 Å². The van der Waals surface area contributed by atoms with Crippen LogP contribution in [-0.2, 0) is 0 Å². The van der Waals surface area contributed by atoms with Crippen molar-refractivity contribution in [2.75, 3.05) is 39.1 Å². The Morgan fingerprint density at radius 1 is 1.23 bits per heavy atom. The van der Waals surface area contributed by atoms with Gasteiger partial charge in [0.25, 0.3) is 0 Å². The molecule has 0 unspecified atom stereocenters. The van der Waals surface area contributed by atoms with Gasteiger partial charge in [0, 0.05) is 38.0 Å². The van der Waals surface area contributed by atoms with Crippen LogP contribution in [0.15, 0.2) is 18.2 Å². The van der Waals surface area contributed by atoms with Crippen molar-refractivity contribution in [3.63, 3.8) is 0 Å². The monoisotopic (exact) mass is 319 g/mol. The summed E-state index contributed by atoms with van der Waals surface area (Å²) in [6, 6.07) is 3.92. The van der Waals surface area contributed by atoms with Crippen molar-refractivity contribution in [3.05, 3.63) is 28.3 Å². The Kier molecular flexibility index (Phi) is 9.00. The molecule has 6 nitrogen and oxygen atoms in total. The number of ether oxygens (including phenoxy) is 1. The molecule has 126 valence electrons. The van der Waals surface area contributed by atoms with Gasteiger partial charge in [-0.2, -0.15) is 8.78 Å². The highest BCUT2D eigenvalue weighted by Gasteiger charge is 2.19. The lowest BCUT2D eigenvalue weighted by atomic mass is 10.2. The minimum atomic E-state index is -3.10. The predicted octanol–water partition coefficient (Wildman–Crippen LogP) is 3.22. The third kappa shape index (κ3) is 6.66. The first-order valence-electron chi connectivity index (χ1n) is 6.90. The van der Waals surface area contributed by atoms with Crippen molar-refractivity contribution in [1.29, 1.82) is 0 Å². The molecule has 1 aromatic rings. The van der Waals surface area contributed by atoms with Gasteiger partial charge in [0.2, 0.25) is 5.75 Å². The summed E-state index contributed by atoms with van der Waals surface area (Å²) < 4.78 is 28.8. The van der Waals surface area contributed by atoms with Gasteiger partial charge in [-0.25, -0.2) is 0 Å². The third-order valence-electron chi connectivity index (χ3n) is 2.68. The molecular formula is C14H23F2N3O3. The van der Waals surface area contributed by atoms with Crippen molar-refractivity contribution in [3.8, 4) is 5.75 Å². The van der Waals surface area contributed by atoms with E-state index in [1.54, 1.807) is 7.05 Å². The Balaban J connectivity index is 0.00000211. The maximum atomic E-state index is 12.3. The minimum absolute atomic E-state index is 0.431. The molecule has 0 aliphatic heterocycles. The number of nitro benzene ring substituents is 1. The van der Waals surface area contributed by atoms with E-state index in [9.17, 15) is 18.9 Å². The maximum absolute atomic E-state index is 12.3. The fourth-order valence-corrected chi connectivity index (χ4v) is 1.56. The standard InChI is InChI=1S/C12H17F2N3O3.C2H6/c1-15(2)6-7-16(3)9-4-5-10(17(18)19)11(8-9)20-12(13)14;1-2/h4-5,8,12H,6-7H2,1-3H3;1-2H3. The Morgan fingerprint density at radius 2 is 1.82 bits per heavy atom. The highest BCUT2D eigenvalue weighted by atomic mass is 19.3. The van der Waals surface area contributed by atoms with Gasteiger partial charge in [0.05, 0.1) is 4.92 Å². The predicted molar refractivity (Wildman–Crippen MR) is 82.9 cm³/mol. The van der Waals surface area contributed by atoms with Gasteiger partial charge in [0.15, 0.2) is 0 Å². The zero-order valence-corrected chi connectivity index (χ0v) is 13.5. The molecule has 8 heteroatoms. The van der Waals surface area contributed by atoms with Crippen molar-refractivity contribution >= 4 is 11.4 Å². The minimum Gasteiger partial charge on any atom is -0.427 e. The van der Waals surface area contributed by atoms with Gasteiger partial charge in [0.1, 0.15) is 0 Å². The Morgan fingerprint density at radius 3 is 2.27 bits per heavy atom. The lowest BCUT2D eigenvalue weighted by Gasteiger charge is -2.22. The van der Waals surface area contributed by atoms with Gasteiger partial charge in [-0.15, -0.1) is 0 Å². The van der Waals surface area contributed by atoms with E-state index in [0.717, 1.165) is 6.54 Å². The molecule has 0 N–H and O–H groups in total. The summed E-state index contributed by atoms with van der Waals surface area (Å²) in [4.78, 5) is 13.8. The van der Waals surface area contributed by atoms with E-state index < -0.39 is 23.0 Å². The van der Waals surface area contributed by atoms with E-state index in [1.807, 2.05) is 37.7 Å². The molecular weight excluding hydrogens is 296 g/mol. The lowest BCUT2D eigenvalue weighted by molar-refractivity contribution is -0.386. The smallest absolute Gasteiger partial charge is 0.387 e. The first-order chi connectivity index (χ1) is 10.3. The molecule has 0 spiro atoms. The van der Waals surface area contributed by atoms with Gasteiger partial charge in [-0.05, 0) is 20.2 Å². The molecule has 22 heavy (non-hydrogen) atoms. The molecule has 1 rings (SSSR count). The van der Waals surface area contributed by atoms with Crippen molar-refractivity contribution in [2.24, 2.45) is 0 Å². The van der Waals surface area contributed by atoms with Gasteiger partial charge < -0.3 is 14.5 Å². The summed E-state index contributed by atoms with van der Waals surface area (Å²) in [6.45, 7) is 2.31. The number of rotatable bonds is 7. The number of likely N-dealkylation sites (N-methyl/N-ethyl adjacent to an activating group) is 2. The van der Waals surface area contributed by atoms with Crippen LogP contribution in [-0.4, -0.2) is 50.7 Å². The van der Waals surface area contributed by atoms with E-state index in [-0.39, 0.29) is 0 Å². The first kappa shape index (κ1) is 20.0. The molecule has 0 aromatic heterocycles. The normalized spacial score (nSPS) is 10.2. The van der Waals surface area contributed by atoms with Gasteiger partial charge in [-0.1, -0.05) is 13.8 Å². The molecule has 0 saturated carbocycles. The van der Waals surface area contributed by atoms with Crippen LogP contribution in [0.3, 0.4) is 0 Å². The van der Waals surface area contributed by atoms with Crippen LogP contribution in [0.2, 0.25) is 0 Å². The summed E-state index contributed by atoms with van der Waals surface area (Å²) in [5.41, 5.74) is 0.100. The molecule has 0 heterocycles. The average Bonchev–Trinajstić information content (AvgIpc) is 2.45. The van der Waals surface area contributed by atoms with Crippen molar-refractivity contribution in [2.45, 2.75) is 20.5 Å². The number of halogens is 2. The Bertz CT molecular complexity index is 471. The maximum Gasteiger partial charge on any atom is 0.387 e. The second-order valence-electron chi connectivity index (χ2n) is 4.51. The van der Waals surface area contributed by atoms with Crippen molar-refractivity contribution < 1.29 is 18.4 Å². The first-order valence-corrected chi connectivity index (χ1v) is 6.90. The van der Waals surface area contributed by atoms with Crippen LogP contribution in [0, 0.1) is 10.1 Å². The number of nitrogens with zero attached hydrogens (tertiary/aromatic N) is 3. The van der Waals surface area contributed by atoms with E-state index in [1.165, 1.54) is 18.2 Å². The highest BCUT2D eigenvalue weighted by molar-refractivity contribution is 5.59. The number of nitro groups is 1. The molecule has 0 fully saturated rings. The second kappa shape index (κ2) is 9.88. The second-order valence-corrected chi connectivity index (χ2v) is 4.51.